The van der Waals surface area contributed by atoms with Crippen LogP contribution in [0.1, 0.15) is 15.9 Å². The third-order valence-electron chi connectivity index (χ3n) is 3.93. The van der Waals surface area contributed by atoms with Crippen molar-refractivity contribution in [1.82, 2.24) is 14.8 Å². The van der Waals surface area contributed by atoms with E-state index in [-0.39, 0.29) is 11.5 Å². The number of aromatic nitrogens is 3. The van der Waals surface area contributed by atoms with E-state index in [2.05, 4.69) is 10.2 Å². The van der Waals surface area contributed by atoms with Gasteiger partial charge in [0.15, 0.2) is 10.9 Å². The van der Waals surface area contributed by atoms with Crippen LogP contribution in [0, 0.1) is 6.92 Å². The smallest absolute Gasteiger partial charge is 0.196 e. The molecule has 2 aromatic carbocycles. The van der Waals surface area contributed by atoms with Gasteiger partial charge in [0.2, 0.25) is 0 Å². The van der Waals surface area contributed by atoms with Crippen molar-refractivity contribution in [3.63, 3.8) is 0 Å². The largest absolute Gasteiger partial charge is 0.497 e. The van der Waals surface area contributed by atoms with Crippen LogP contribution in [0.15, 0.2) is 53.9 Å². The van der Waals surface area contributed by atoms with Crippen molar-refractivity contribution in [3.8, 4) is 17.2 Å². The molecule has 0 aliphatic rings. The number of carbonyl (C=O) groups is 1. The Kier molecular flexibility index (Phi) is 5.58. The second kappa shape index (κ2) is 8.05. The molecule has 3 aromatic rings. The van der Waals surface area contributed by atoms with Crippen molar-refractivity contribution >= 4 is 17.5 Å². The van der Waals surface area contributed by atoms with Crippen LogP contribution in [-0.4, -0.2) is 40.5 Å². The first-order valence-corrected chi connectivity index (χ1v) is 8.96. The second-order valence-electron chi connectivity index (χ2n) is 5.55. The second-order valence-corrected chi connectivity index (χ2v) is 6.49. The van der Waals surface area contributed by atoms with Gasteiger partial charge >= 0.3 is 0 Å². The van der Waals surface area contributed by atoms with E-state index in [0.29, 0.717) is 22.2 Å². The number of benzene rings is 2. The highest BCUT2D eigenvalue weighted by Crippen LogP contribution is 2.27. The highest BCUT2D eigenvalue weighted by Gasteiger charge is 2.16. The number of nitrogens with zero attached hydrogens (tertiary/aromatic N) is 3. The molecule has 7 heteroatoms. The van der Waals surface area contributed by atoms with E-state index < -0.39 is 0 Å². The molecule has 0 bridgehead atoms. The molecule has 26 heavy (non-hydrogen) atoms. The first kappa shape index (κ1) is 18.0. The zero-order valence-corrected chi connectivity index (χ0v) is 15.6. The zero-order valence-electron chi connectivity index (χ0n) is 14.8. The molecule has 0 radical (unpaired) electrons. The number of para-hydroxylation sites is 1. The quantitative estimate of drug-likeness (QED) is 0.469. The number of ketones is 1. The summed E-state index contributed by atoms with van der Waals surface area (Å²) >= 11 is 1.34. The van der Waals surface area contributed by atoms with Crippen LogP contribution in [0.25, 0.3) is 5.69 Å². The number of hydrogen-bond donors (Lipinski definition) is 0. The number of aryl methyl sites for hydroxylation is 1. The standard InChI is InChI=1S/C19H19N3O3S/c1-13-6-4-5-7-16(13)22-12-20-21-19(22)26-11-17(23)15-10-14(24-2)8-9-18(15)25-3/h4-10,12H,11H2,1-3H3. The minimum atomic E-state index is -0.0647. The molecule has 1 heterocycles. The lowest BCUT2D eigenvalue weighted by molar-refractivity contribution is 0.101. The summed E-state index contributed by atoms with van der Waals surface area (Å²) in [6, 6.07) is 13.1. The van der Waals surface area contributed by atoms with E-state index in [4.69, 9.17) is 9.47 Å². The Balaban J connectivity index is 1.80. The van der Waals surface area contributed by atoms with Gasteiger partial charge in [0.05, 0.1) is 31.2 Å². The molecule has 0 aliphatic heterocycles. The van der Waals surface area contributed by atoms with Gasteiger partial charge in [-0.2, -0.15) is 0 Å². The van der Waals surface area contributed by atoms with Crippen LogP contribution in [0.2, 0.25) is 0 Å². The van der Waals surface area contributed by atoms with Crippen molar-refractivity contribution in [2.75, 3.05) is 20.0 Å². The summed E-state index contributed by atoms with van der Waals surface area (Å²) in [7, 11) is 3.11. The number of ether oxygens (including phenoxy) is 2. The number of rotatable bonds is 7. The molecule has 0 spiro atoms. The molecule has 0 fully saturated rings. The van der Waals surface area contributed by atoms with E-state index in [1.807, 2.05) is 35.8 Å². The monoisotopic (exact) mass is 369 g/mol. The molecule has 0 N–H and O–H groups in total. The lowest BCUT2D eigenvalue weighted by Gasteiger charge is -2.10. The highest BCUT2D eigenvalue weighted by molar-refractivity contribution is 7.99. The fraction of sp³-hybridized carbons (Fsp3) is 0.211. The van der Waals surface area contributed by atoms with Gasteiger partial charge in [-0.25, -0.2) is 0 Å². The molecule has 1 aromatic heterocycles. The van der Waals surface area contributed by atoms with Crippen LogP contribution < -0.4 is 9.47 Å². The summed E-state index contributed by atoms with van der Waals surface area (Å²) in [5.74, 6) is 1.29. The van der Waals surface area contributed by atoms with Crippen LogP contribution in [-0.2, 0) is 0 Å². The van der Waals surface area contributed by atoms with Gasteiger partial charge in [-0.15, -0.1) is 10.2 Å². The molecule has 0 unspecified atom stereocenters. The number of thioether (sulfide) groups is 1. The fourth-order valence-electron chi connectivity index (χ4n) is 2.56. The van der Waals surface area contributed by atoms with Crippen molar-refractivity contribution in [2.24, 2.45) is 0 Å². The van der Waals surface area contributed by atoms with Gasteiger partial charge in [0.1, 0.15) is 17.8 Å². The third-order valence-corrected chi connectivity index (χ3v) is 4.87. The number of hydrogen-bond acceptors (Lipinski definition) is 6. The van der Waals surface area contributed by atoms with Crippen molar-refractivity contribution in [3.05, 3.63) is 59.9 Å². The van der Waals surface area contributed by atoms with E-state index in [0.717, 1.165) is 11.3 Å². The van der Waals surface area contributed by atoms with Crippen molar-refractivity contribution in [1.29, 1.82) is 0 Å². The summed E-state index contributed by atoms with van der Waals surface area (Å²) in [5, 5.41) is 8.79. The Morgan fingerprint density at radius 3 is 2.69 bits per heavy atom. The Morgan fingerprint density at radius 2 is 1.96 bits per heavy atom. The van der Waals surface area contributed by atoms with Crippen molar-refractivity contribution in [2.45, 2.75) is 12.1 Å². The maximum absolute atomic E-state index is 12.7. The van der Waals surface area contributed by atoms with Crippen molar-refractivity contribution < 1.29 is 14.3 Å². The molecule has 3 rings (SSSR count). The maximum Gasteiger partial charge on any atom is 0.196 e. The number of Topliss-reactive ketones (excluding diaryl/α,β-unsaturated/α-hetero) is 1. The van der Waals surface area contributed by atoms with Crippen LogP contribution >= 0.6 is 11.8 Å². The predicted octanol–water partition coefficient (Wildman–Crippen LogP) is 3.57. The van der Waals surface area contributed by atoms with Gasteiger partial charge in [-0.05, 0) is 36.8 Å². The molecular formula is C19H19N3O3S. The average Bonchev–Trinajstić information content (AvgIpc) is 3.14. The number of carbonyl (C=O) groups excluding carboxylic acids is 1. The fourth-order valence-corrected chi connectivity index (χ4v) is 3.37. The van der Waals surface area contributed by atoms with Gasteiger partial charge < -0.3 is 9.47 Å². The SMILES string of the molecule is COc1ccc(OC)c(C(=O)CSc2nncn2-c2ccccc2C)c1. The minimum Gasteiger partial charge on any atom is -0.497 e. The molecule has 134 valence electrons. The number of methoxy groups -OCH3 is 2. The lowest BCUT2D eigenvalue weighted by atomic mass is 10.1. The highest BCUT2D eigenvalue weighted by atomic mass is 32.2. The van der Waals surface area contributed by atoms with Gasteiger partial charge in [-0.1, -0.05) is 30.0 Å². The topological polar surface area (TPSA) is 66.2 Å². The Morgan fingerprint density at radius 1 is 1.15 bits per heavy atom. The lowest BCUT2D eigenvalue weighted by Crippen LogP contribution is -2.07. The maximum atomic E-state index is 12.7. The van der Waals surface area contributed by atoms with E-state index in [1.165, 1.54) is 11.8 Å². The Hall–Kier alpha value is -2.80. The van der Waals surface area contributed by atoms with Crippen LogP contribution in [0.4, 0.5) is 0 Å². The summed E-state index contributed by atoms with van der Waals surface area (Å²) in [5.41, 5.74) is 2.59. The molecule has 0 saturated carbocycles. The first-order chi connectivity index (χ1) is 12.6. The van der Waals surface area contributed by atoms with Gasteiger partial charge in [0.25, 0.3) is 0 Å². The van der Waals surface area contributed by atoms with E-state index in [1.54, 1.807) is 38.7 Å². The Labute approximate surface area is 156 Å². The third kappa shape index (κ3) is 3.72. The molecule has 0 amide bonds. The van der Waals surface area contributed by atoms with Crippen LogP contribution in [0.5, 0.6) is 11.5 Å². The van der Waals surface area contributed by atoms with Crippen LogP contribution in [0.3, 0.4) is 0 Å². The van der Waals surface area contributed by atoms with Gasteiger partial charge in [0, 0.05) is 0 Å². The summed E-state index contributed by atoms with van der Waals surface area (Å²) in [6.07, 6.45) is 1.65. The minimum absolute atomic E-state index is 0.0647. The molecule has 6 nitrogen and oxygen atoms in total. The molecule has 0 aliphatic carbocycles. The summed E-state index contributed by atoms with van der Waals surface area (Å²) < 4.78 is 12.4. The van der Waals surface area contributed by atoms with E-state index >= 15 is 0 Å². The summed E-state index contributed by atoms with van der Waals surface area (Å²) in [4.78, 5) is 12.7. The predicted molar refractivity (Wildman–Crippen MR) is 101 cm³/mol. The Bertz CT molecular complexity index is 924. The summed E-state index contributed by atoms with van der Waals surface area (Å²) in [6.45, 7) is 2.02. The first-order valence-electron chi connectivity index (χ1n) is 7.98. The van der Waals surface area contributed by atoms with E-state index in [9.17, 15) is 4.79 Å². The molecule has 0 atom stereocenters. The normalized spacial score (nSPS) is 10.6. The average molecular weight is 369 g/mol. The molecule has 0 saturated heterocycles. The van der Waals surface area contributed by atoms with Gasteiger partial charge in [-0.3, -0.25) is 9.36 Å². The zero-order chi connectivity index (χ0) is 18.5. The molecular weight excluding hydrogens is 350 g/mol.